The van der Waals surface area contributed by atoms with Gasteiger partial charge in [0.1, 0.15) is 11.5 Å². The molecule has 106 valence electrons. The Bertz CT molecular complexity index is 549. The smallest absolute Gasteiger partial charge is 0.131 e. The highest BCUT2D eigenvalue weighted by atomic mass is 16.5. The van der Waals surface area contributed by atoms with E-state index in [9.17, 15) is 0 Å². The summed E-state index contributed by atoms with van der Waals surface area (Å²) in [4.78, 5) is 0. The van der Waals surface area contributed by atoms with Crippen LogP contribution in [0.3, 0.4) is 0 Å². The van der Waals surface area contributed by atoms with Gasteiger partial charge >= 0.3 is 0 Å². The maximum Gasteiger partial charge on any atom is 0.131 e. The van der Waals surface area contributed by atoms with E-state index in [0.29, 0.717) is 5.92 Å². The zero-order valence-electron chi connectivity index (χ0n) is 12.5. The van der Waals surface area contributed by atoms with Gasteiger partial charge in [-0.1, -0.05) is 57.2 Å². The Kier molecular flexibility index (Phi) is 5.19. The number of para-hydroxylation sites is 2. The number of nitrogens with one attached hydrogen (secondary N) is 1. The van der Waals surface area contributed by atoms with Crippen LogP contribution in [0.25, 0.3) is 0 Å². The lowest BCUT2D eigenvalue weighted by atomic mass is 10.0. The summed E-state index contributed by atoms with van der Waals surface area (Å²) in [6, 6.07) is 16.5. The Hall–Kier alpha value is -1.80. The summed E-state index contributed by atoms with van der Waals surface area (Å²) < 4.78 is 6.16. The van der Waals surface area contributed by atoms with Crippen LogP contribution in [-0.4, -0.2) is 6.54 Å². The molecule has 20 heavy (non-hydrogen) atoms. The highest BCUT2D eigenvalue weighted by Gasteiger charge is 2.09. The lowest BCUT2D eigenvalue weighted by Gasteiger charge is -2.16. The van der Waals surface area contributed by atoms with Crippen LogP contribution in [0.1, 0.15) is 37.8 Å². The first-order valence-electron chi connectivity index (χ1n) is 7.27. The lowest BCUT2D eigenvalue weighted by molar-refractivity contribution is 0.464. The van der Waals surface area contributed by atoms with Crippen molar-refractivity contribution in [3.8, 4) is 11.5 Å². The second-order valence-electron chi connectivity index (χ2n) is 5.18. The number of ether oxygens (including phenoxy) is 1. The Morgan fingerprint density at radius 2 is 1.60 bits per heavy atom. The molecule has 0 amide bonds. The summed E-state index contributed by atoms with van der Waals surface area (Å²) in [5.74, 6) is 2.33. The van der Waals surface area contributed by atoms with Crippen molar-refractivity contribution in [1.29, 1.82) is 0 Å². The maximum absolute atomic E-state index is 6.16. The summed E-state index contributed by atoms with van der Waals surface area (Å²) >= 11 is 0. The van der Waals surface area contributed by atoms with E-state index in [0.717, 1.165) is 24.6 Å². The molecule has 0 spiro atoms. The molecule has 0 aliphatic heterocycles. The van der Waals surface area contributed by atoms with E-state index in [-0.39, 0.29) is 0 Å². The zero-order valence-corrected chi connectivity index (χ0v) is 12.5. The fourth-order valence-corrected chi connectivity index (χ4v) is 2.18. The van der Waals surface area contributed by atoms with Gasteiger partial charge in [-0.2, -0.15) is 0 Å². The van der Waals surface area contributed by atoms with Gasteiger partial charge in [0.15, 0.2) is 0 Å². The molecule has 0 radical (unpaired) electrons. The van der Waals surface area contributed by atoms with Gasteiger partial charge < -0.3 is 10.1 Å². The molecule has 0 saturated heterocycles. The third-order valence-electron chi connectivity index (χ3n) is 3.30. The Labute approximate surface area is 121 Å². The van der Waals surface area contributed by atoms with E-state index in [1.54, 1.807) is 0 Å². The molecular weight excluding hydrogens is 246 g/mol. The minimum Gasteiger partial charge on any atom is -0.457 e. The third kappa shape index (κ3) is 3.61. The molecule has 0 aliphatic rings. The zero-order chi connectivity index (χ0) is 14.4. The molecule has 2 aromatic carbocycles. The summed E-state index contributed by atoms with van der Waals surface area (Å²) in [5, 5.41) is 3.35. The first-order chi connectivity index (χ1) is 9.72. The van der Waals surface area contributed by atoms with E-state index in [1.807, 2.05) is 30.3 Å². The van der Waals surface area contributed by atoms with Crippen molar-refractivity contribution in [3.05, 3.63) is 59.7 Å². The van der Waals surface area contributed by atoms with Crippen LogP contribution in [0.5, 0.6) is 11.5 Å². The van der Waals surface area contributed by atoms with Gasteiger partial charge in [-0.15, -0.1) is 0 Å². The summed E-state index contributed by atoms with van der Waals surface area (Å²) in [5.41, 5.74) is 2.43. The van der Waals surface area contributed by atoms with E-state index in [4.69, 9.17) is 4.74 Å². The van der Waals surface area contributed by atoms with Crippen LogP contribution in [0.15, 0.2) is 48.5 Å². The molecule has 0 saturated carbocycles. The van der Waals surface area contributed by atoms with Gasteiger partial charge in [-0.3, -0.25) is 0 Å². The second kappa shape index (κ2) is 7.11. The molecular formula is C18H23NO. The molecule has 2 aromatic rings. The van der Waals surface area contributed by atoms with Crippen molar-refractivity contribution in [2.75, 3.05) is 6.54 Å². The summed E-state index contributed by atoms with van der Waals surface area (Å²) in [6.45, 7) is 8.27. The van der Waals surface area contributed by atoms with Gasteiger partial charge in [0.2, 0.25) is 0 Å². The Morgan fingerprint density at radius 3 is 2.30 bits per heavy atom. The van der Waals surface area contributed by atoms with Crippen LogP contribution >= 0.6 is 0 Å². The van der Waals surface area contributed by atoms with Crippen molar-refractivity contribution in [3.63, 3.8) is 0 Å². The first-order valence-corrected chi connectivity index (χ1v) is 7.27. The van der Waals surface area contributed by atoms with Gasteiger partial charge in [0.05, 0.1) is 0 Å². The molecule has 0 unspecified atom stereocenters. The Morgan fingerprint density at radius 1 is 0.950 bits per heavy atom. The van der Waals surface area contributed by atoms with Crippen molar-refractivity contribution in [2.45, 2.75) is 33.2 Å². The van der Waals surface area contributed by atoms with E-state index in [1.165, 1.54) is 11.1 Å². The SMILES string of the molecule is CCNCc1ccccc1Oc1ccccc1C(C)C. The van der Waals surface area contributed by atoms with Crippen molar-refractivity contribution < 1.29 is 4.74 Å². The van der Waals surface area contributed by atoms with Crippen LogP contribution in [0, 0.1) is 0 Å². The van der Waals surface area contributed by atoms with Crippen molar-refractivity contribution >= 4 is 0 Å². The van der Waals surface area contributed by atoms with E-state index < -0.39 is 0 Å². The molecule has 0 heterocycles. The van der Waals surface area contributed by atoms with Gasteiger partial charge in [0, 0.05) is 12.1 Å². The molecule has 1 N–H and O–H groups in total. The predicted octanol–water partition coefficient (Wildman–Crippen LogP) is 4.71. The average Bonchev–Trinajstić information content (AvgIpc) is 2.47. The molecule has 2 nitrogen and oxygen atoms in total. The molecule has 0 fully saturated rings. The monoisotopic (exact) mass is 269 g/mol. The third-order valence-corrected chi connectivity index (χ3v) is 3.30. The topological polar surface area (TPSA) is 21.3 Å². The van der Waals surface area contributed by atoms with Gasteiger partial charge in [-0.05, 0) is 30.2 Å². The second-order valence-corrected chi connectivity index (χ2v) is 5.18. The first kappa shape index (κ1) is 14.6. The number of hydrogen-bond donors (Lipinski definition) is 1. The van der Waals surface area contributed by atoms with Crippen LogP contribution in [0.4, 0.5) is 0 Å². The maximum atomic E-state index is 6.16. The van der Waals surface area contributed by atoms with Crippen molar-refractivity contribution in [2.24, 2.45) is 0 Å². The predicted molar refractivity (Wildman–Crippen MR) is 84.4 cm³/mol. The number of rotatable bonds is 6. The van der Waals surface area contributed by atoms with Gasteiger partial charge in [0.25, 0.3) is 0 Å². The minimum absolute atomic E-state index is 0.451. The van der Waals surface area contributed by atoms with Crippen LogP contribution < -0.4 is 10.1 Å². The highest BCUT2D eigenvalue weighted by molar-refractivity contribution is 5.42. The normalized spacial score (nSPS) is 10.8. The molecule has 0 atom stereocenters. The van der Waals surface area contributed by atoms with Gasteiger partial charge in [-0.25, -0.2) is 0 Å². The van der Waals surface area contributed by atoms with E-state index in [2.05, 4.69) is 44.3 Å². The molecule has 2 rings (SSSR count). The molecule has 0 aliphatic carbocycles. The van der Waals surface area contributed by atoms with E-state index >= 15 is 0 Å². The fourth-order valence-electron chi connectivity index (χ4n) is 2.18. The Balaban J connectivity index is 2.26. The van der Waals surface area contributed by atoms with Crippen LogP contribution in [-0.2, 0) is 6.54 Å². The number of benzene rings is 2. The highest BCUT2D eigenvalue weighted by Crippen LogP contribution is 2.31. The lowest BCUT2D eigenvalue weighted by Crippen LogP contribution is -2.12. The fraction of sp³-hybridized carbons (Fsp3) is 0.333. The largest absolute Gasteiger partial charge is 0.457 e. The molecule has 0 aromatic heterocycles. The molecule has 0 bridgehead atoms. The van der Waals surface area contributed by atoms with Crippen LogP contribution in [0.2, 0.25) is 0 Å². The minimum atomic E-state index is 0.451. The average molecular weight is 269 g/mol. The summed E-state index contributed by atoms with van der Waals surface area (Å²) in [7, 11) is 0. The summed E-state index contributed by atoms with van der Waals surface area (Å²) in [6.07, 6.45) is 0. The standard InChI is InChI=1S/C18H23NO/c1-4-19-13-15-9-5-7-11-17(15)20-18-12-8-6-10-16(18)14(2)3/h5-12,14,19H,4,13H2,1-3H3. The quantitative estimate of drug-likeness (QED) is 0.820. The molecule has 2 heteroatoms. The number of hydrogen-bond acceptors (Lipinski definition) is 2. The van der Waals surface area contributed by atoms with Crippen molar-refractivity contribution in [1.82, 2.24) is 5.32 Å².